The van der Waals surface area contributed by atoms with E-state index in [1.54, 1.807) is 19.1 Å². The van der Waals surface area contributed by atoms with E-state index < -0.39 is 5.25 Å². The number of amides is 1. The number of benzene rings is 2. The number of nitrogens with zero attached hydrogens (tertiary/aromatic N) is 3. The molecule has 2 aromatic carbocycles. The molecule has 7 heteroatoms. The summed E-state index contributed by atoms with van der Waals surface area (Å²) in [5.41, 5.74) is 3.15. The van der Waals surface area contributed by atoms with Crippen molar-refractivity contribution in [3.63, 3.8) is 0 Å². The van der Waals surface area contributed by atoms with E-state index >= 15 is 0 Å². The Labute approximate surface area is 174 Å². The molecule has 0 aliphatic heterocycles. The standard InChI is InChI=1S/C22H25FN4OS/c1-5-11-27-20(17-8-6-7-14(2)12-17)25-26-22(27)29-16(4)21(28)24-18-10-9-15(3)19(23)13-18/h6-10,12-13,16H,5,11H2,1-4H3,(H,24,28)/t16-/m1/s1. The molecule has 1 atom stereocenters. The zero-order chi connectivity index (χ0) is 21.0. The maximum absolute atomic E-state index is 13.7. The van der Waals surface area contributed by atoms with E-state index in [1.807, 2.05) is 32.0 Å². The highest BCUT2D eigenvalue weighted by Crippen LogP contribution is 2.28. The van der Waals surface area contributed by atoms with E-state index in [4.69, 9.17) is 0 Å². The van der Waals surface area contributed by atoms with Crippen molar-refractivity contribution in [3.8, 4) is 11.4 Å². The van der Waals surface area contributed by atoms with Crippen molar-refractivity contribution in [2.24, 2.45) is 0 Å². The van der Waals surface area contributed by atoms with E-state index in [-0.39, 0.29) is 11.7 Å². The minimum atomic E-state index is -0.412. The first-order valence-electron chi connectivity index (χ1n) is 9.63. The van der Waals surface area contributed by atoms with Gasteiger partial charge in [-0.25, -0.2) is 4.39 Å². The molecule has 0 spiro atoms. The second-order valence-corrected chi connectivity index (χ2v) is 8.35. The van der Waals surface area contributed by atoms with Crippen LogP contribution in [0.5, 0.6) is 0 Å². The maximum atomic E-state index is 13.7. The number of hydrogen-bond acceptors (Lipinski definition) is 4. The SMILES string of the molecule is CCCn1c(S[C@H](C)C(=O)Nc2ccc(C)c(F)c2)nnc1-c1cccc(C)c1. The first-order chi connectivity index (χ1) is 13.9. The lowest BCUT2D eigenvalue weighted by atomic mass is 10.1. The van der Waals surface area contributed by atoms with Crippen LogP contribution in [0.4, 0.5) is 10.1 Å². The Hall–Kier alpha value is -2.67. The van der Waals surface area contributed by atoms with Gasteiger partial charge < -0.3 is 9.88 Å². The average molecular weight is 413 g/mol. The van der Waals surface area contributed by atoms with Crippen LogP contribution >= 0.6 is 11.8 Å². The first-order valence-corrected chi connectivity index (χ1v) is 10.5. The number of aryl methyl sites for hydroxylation is 2. The van der Waals surface area contributed by atoms with Gasteiger partial charge in [0.2, 0.25) is 5.91 Å². The largest absolute Gasteiger partial charge is 0.325 e. The number of rotatable bonds is 7. The molecule has 0 bridgehead atoms. The first kappa shape index (κ1) is 21.0. The van der Waals surface area contributed by atoms with Crippen molar-refractivity contribution in [1.29, 1.82) is 0 Å². The zero-order valence-corrected chi connectivity index (χ0v) is 17.9. The lowest BCUT2D eigenvalue weighted by Gasteiger charge is -2.14. The fourth-order valence-corrected chi connectivity index (χ4v) is 3.80. The van der Waals surface area contributed by atoms with Gasteiger partial charge in [0.15, 0.2) is 11.0 Å². The summed E-state index contributed by atoms with van der Waals surface area (Å²) in [6.07, 6.45) is 0.924. The van der Waals surface area contributed by atoms with Crippen molar-refractivity contribution in [3.05, 3.63) is 59.4 Å². The van der Waals surface area contributed by atoms with Gasteiger partial charge in [0.25, 0.3) is 0 Å². The third-order valence-electron chi connectivity index (χ3n) is 4.53. The lowest BCUT2D eigenvalue weighted by molar-refractivity contribution is -0.115. The number of carbonyl (C=O) groups is 1. The highest BCUT2D eigenvalue weighted by molar-refractivity contribution is 8.00. The van der Waals surface area contributed by atoms with E-state index in [2.05, 4.69) is 33.1 Å². The molecule has 3 rings (SSSR count). The average Bonchev–Trinajstić information content (AvgIpc) is 3.07. The van der Waals surface area contributed by atoms with Crippen LogP contribution in [0.15, 0.2) is 47.6 Å². The number of thioether (sulfide) groups is 1. The molecule has 1 heterocycles. The van der Waals surface area contributed by atoms with Crippen molar-refractivity contribution >= 4 is 23.4 Å². The molecule has 1 amide bonds. The smallest absolute Gasteiger partial charge is 0.237 e. The number of nitrogens with one attached hydrogen (secondary N) is 1. The summed E-state index contributed by atoms with van der Waals surface area (Å²) in [5.74, 6) is 0.251. The van der Waals surface area contributed by atoms with Crippen molar-refractivity contribution in [2.75, 3.05) is 5.32 Å². The van der Waals surface area contributed by atoms with Crippen molar-refractivity contribution in [1.82, 2.24) is 14.8 Å². The number of halogens is 1. The fraction of sp³-hybridized carbons (Fsp3) is 0.318. The molecule has 1 N–H and O–H groups in total. The minimum absolute atomic E-state index is 0.207. The van der Waals surface area contributed by atoms with Gasteiger partial charge in [-0.2, -0.15) is 0 Å². The topological polar surface area (TPSA) is 59.8 Å². The van der Waals surface area contributed by atoms with Gasteiger partial charge in [0.1, 0.15) is 5.82 Å². The highest BCUT2D eigenvalue weighted by Gasteiger charge is 2.21. The molecule has 3 aromatic rings. The van der Waals surface area contributed by atoms with Gasteiger partial charge >= 0.3 is 0 Å². The van der Waals surface area contributed by atoms with Crippen LogP contribution in [0.3, 0.4) is 0 Å². The molecule has 0 unspecified atom stereocenters. The van der Waals surface area contributed by atoms with Gasteiger partial charge in [0, 0.05) is 17.8 Å². The molecule has 0 saturated heterocycles. The van der Waals surface area contributed by atoms with Crippen LogP contribution < -0.4 is 5.32 Å². The Morgan fingerprint density at radius 1 is 1.21 bits per heavy atom. The molecule has 1 aromatic heterocycles. The van der Waals surface area contributed by atoms with Crippen LogP contribution in [0.2, 0.25) is 0 Å². The molecule has 0 radical (unpaired) electrons. The maximum Gasteiger partial charge on any atom is 0.237 e. The fourth-order valence-electron chi connectivity index (χ4n) is 2.92. The predicted octanol–water partition coefficient (Wildman–Crippen LogP) is 5.23. The summed E-state index contributed by atoms with van der Waals surface area (Å²) in [6.45, 7) is 8.39. The lowest BCUT2D eigenvalue weighted by Crippen LogP contribution is -2.23. The molecule has 0 saturated carbocycles. The molecule has 0 aliphatic rings. The molecule has 29 heavy (non-hydrogen) atoms. The van der Waals surface area contributed by atoms with Gasteiger partial charge in [-0.1, -0.05) is 48.5 Å². The summed E-state index contributed by atoms with van der Waals surface area (Å²) >= 11 is 1.35. The van der Waals surface area contributed by atoms with Gasteiger partial charge in [0.05, 0.1) is 5.25 Å². The predicted molar refractivity (Wildman–Crippen MR) is 116 cm³/mol. The minimum Gasteiger partial charge on any atom is -0.325 e. The Kier molecular flexibility index (Phi) is 6.69. The summed E-state index contributed by atoms with van der Waals surface area (Å²) in [5, 5.41) is 11.8. The highest BCUT2D eigenvalue weighted by atomic mass is 32.2. The van der Waals surface area contributed by atoms with E-state index in [0.717, 1.165) is 29.9 Å². The van der Waals surface area contributed by atoms with E-state index in [0.29, 0.717) is 16.4 Å². The summed E-state index contributed by atoms with van der Waals surface area (Å²) in [6, 6.07) is 12.8. The van der Waals surface area contributed by atoms with E-state index in [9.17, 15) is 9.18 Å². The third-order valence-corrected chi connectivity index (χ3v) is 5.61. The summed E-state index contributed by atoms with van der Waals surface area (Å²) in [4.78, 5) is 12.6. The molecular weight excluding hydrogens is 387 g/mol. The molecule has 0 fully saturated rings. The zero-order valence-electron chi connectivity index (χ0n) is 17.1. The Bertz CT molecular complexity index is 1020. The van der Waals surface area contributed by atoms with Gasteiger partial charge in [-0.3, -0.25) is 4.79 Å². The third kappa shape index (κ3) is 5.03. The van der Waals surface area contributed by atoms with Crippen LogP contribution in [-0.2, 0) is 11.3 Å². The van der Waals surface area contributed by atoms with Crippen molar-refractivity contribution in [2.45, 2.75) is 51.1 Å². The van der Waals surface area contributed by atoms with Crippen molar-refractivity contribution < 1.29 is 9.18 Å². The van der Waals surface area contributed by atoms with Gasteiger partial charge in [-0.15, -0.1) is 10.2 Å². The number of hydrogen-bond donors (Lipinski definition) is 1. The molecular formula is C22H25FN4OS. The molecule has 0 aliphatic carbocycles. The van der Waals surface area contributed by atoms with Crippen LogP contribution in [-0.4, -0.2) is 25.9 Å². The quantitative estimate of drug-likeness (QED) is 0.540. The van der Waals surface area contributed by atoms with Crippen LogP contribution in [0.25, 0.3) is 11.4 Å². The van der Waals surface area contributed by atoms with Gasteiger partial charge in [-0.05, 0) is 51.0 Å². The Morgan fingerprint density at radius 3 is 2.69 bits per heavy atom. The molecule has 152 valence electrons. The second kappa shape index (κ2) is 9.22. The summed E-state index contributed by atoms with van der Waals surface area (Å²) in [7, 11) is 0. The monoisotopic (exact) mass is 412 g/mol. The normalized spacial score (nSPS) is 12.0. The Balaban J connectivity index is 1.78. The van der Waals surface area contributed by atoms with Crippen LogP contribution in [0, 0.1) is 19.7 Å². The number of carbonyl (C=O) groups excluding carboxylic acids is 1. The molecule has 5 nitrogen and oxygen atoms in total. The second-order valence-electron chi connectivity index (χ2n) is 7.04. The summed E-state index contributed by atoms with van der Waals surface area (Å²) < 4.78 is 15.8. The van der Waals surface area contributed by atoms with Crippen LogP contribution in [0.1, 0.15) is 31.4 Å². The number of anilines is 1. The Morgan fingerprint density at radius 2 is 2.00 bits per heavy atom. The number of aromatic nitrogens is 3. The van der Waals surface area contributed by atoms with E-state index in [1.165, 1.54) is 17.8 Å².